The molecule has 0 aromatic rings. The maximum absolute atomic E-state index is 12.1. The van der Waals surface area contributed by atoms with Crippen LogP contribution >= 0.6 is 0 Å². The van der Waals surface area contributed by atoms with Crippen LogP contribution in [0.5, 0.6) is 0 Å². The number of likely N-dealkylation sites (tertiary alicyclic amines) is 1. The van der Waals surface area contributed by atoms with Crippen molar-refractivity contribution in [3.05, 3.63) is 0 Å². The van der Waals surface area contributed by atoms with Crippen molar-refractivity contribution in [1.82, 2.24) is 4.90 Å². The molecule has 2 heterocycles. The molecule has 2 atom stereocenters. The fourth-order valence-corrected chi connectivity index (χ4v) is 3.25. The van der Waals surface area contributed by atoms with E-state index in [2.05, 4.69) is 13.8 Å². The monoisotopic (exact) mass is 299 g/mol. The van der Waals surface area contributed by atoms with Crippen LogP contribution in [0.15, 0.2) is 0 Å². The molecule has 0 radical (unpaired) electrons. The molecule has 2 aliphatic heterocycles. The highest BCUT2D eigenvalue weighted by Crippen LogP contribution is 2.44. The Morgan fingerprint density at radius 2 is 1.90 bits per heavy atom. The second kappa shape index (κ2) is 5.76. The van der Waals surface area contributed by atoms with Crippen LogP contribution in [0, 0.1) is 11.3 Å². The van der Waals surface area contributed by atoms with Gasteiger partial charge in [0.15, 0.2) is 0 Å². The van der Waals surface area contributed by atoms with Crippen molar-refractivity contribution in [2.45, 2.75) is 65.3 Å². The largest absolute Gasteiger partial charge is 0.444 e. The summed E-state index contributed by atoms with van der Waals surface area (Å²) in [5, 5.41) is 10.6. The minimum absolute atomic E-state index is 0.0851. The third-order valence-electron chi connectivity index (χ3n) is 4.57. The van der Waals surface area contributed by atoms with Crippen molar-refractivity contribution < 1.29 is 19.4 Å². The molecule has 21 heavy (non-hydrogen) atoms. The second-order valence-corrected chi connectivity index (χ2v) is 7.79. The Morgan fingerprint density at radius 1 is 1.33 bits per heavy atom. The zero-order valence-corrected chi connectivity index (χ0v) is 13.9. The summed E-state index contributed by atoms with van der Waals surface area (Å²) in [5.41, 5.74) is -0.654. The Bertz CT molecular complexity index is 380. The predicted octanol–water partition coefficient (Wildman–Crippen LogP) is 2.42. The van der Waals surface area contributed by atoms with E-state index in [4.69, 9.17) is 9.47 Å². The lowest BCUT2D eigenvalue weighted by molar-refractivity contribution is -0.0246. The van der Waals surface area contributed by atoms with Crippen LogP contribution in [0.25, 0.3) is 0 Å². The van der Waals surface area contributed by atoms with Gasteiger partial charge >= 0.3 is 6.09 Å². The third-order valence-corrected chi connectivity index (χ3v) is 4.57. The average molecular weight is 299 g/mol. The maximum atomic E-state index is 12.1. The molecule has 5 nitrogen and oxygen atoms in total. The first kappa shape index (κ1) is 16.6. The van der Waals surface area contributed by atoms with Gasteiger partial charge in [0, 0.05) is 18.5 Å². The lowest BCUT2D eigenvalue weighted by Crippen LogP contribution is -2.50. The van der Waals surface area contributed by atoms with Crippen molar-refractivity contribution in [3.8, 4) is 0 Å². The topological polar surface area (TPSA) is 59.0 Å². The highest BCUT2D eigenvalue weighted by atomic mass is 16.6. The van der Waals surface area contributed by atoms with Crippen molar-refractivity contribution in [2.24, 2.45) is 11.3 Å². The van der Waals surface area contributed by atoms with Gasteiger partial charge in [0.05, 0.1) is 18.8 Å². The number of carbonyl (C=O) groups is 1. The maximum Gasteiger partial charge on any atom is 0.410 e. The van der Waals surface area contributed by atoms with Gasteiger partial charge in [-0.2, -0.15) is 0 Å². The molecule has 1 N–H and O–H groups in total. The molecule has 2 saturated heterocycles. The third kappa shape index (κ3) is 3.51. The first-order chi connectivity index (χ1) is 9.65. The van der Waals surface area contributed by atoms with Crippen molar-refractivity contribution in [3.63, 3.8) is 0 Å². The van der Waals surface area contributed by atoms with E-state index in [0.29, 0.717) is 25.6 Å². The number of aliphatic hydroxyl groups is 1. The summed E-state index contributed by atoms with van der Waals surface area (Å²) in [7, 11) is 0. The molecule has 2 fully saturated rings. The summed E-state index contributed by atoms with van der Waals surface area (Å²) < 4.78 is 11.2. The van der Waals surface area contributed by atoms with E-state index in [1.807, 2.05) is 20.8 Å². The van der Waals surface area contributed by atoms with Crippen molar-refractivity contribution in [1.29, 1.82) is 0 Å². The summed E-state index contributed by atoms with van der Waals surface area (Å²) in [6, 6.07) is 0. The standard InChI is InChI=1S/C16H29NO4/c1-11(2)12-13(18)16(10-20-12)6-8-17(9-7-16)14(19)21-15(3,4)5/h11-13,18H,6-10H2,1-5H3/t12-,13?/m0/s1. The van der Waals surface area contributed by atoms with Crippen LogP contribution in [0.4, 0.5) is 4.79 Å². The molecule has 2 aliphatic rings. The second-order valence-electron chi connectivity index (χ2n) is 7.79. The highest BCUT2D eigenvalue weighted by molar-refractivity contribution is 5.68. The average Bonchev–Trinajstić information content (AvgIpc) is 2.66. The summed E-state index contributed by atoms with van der Waals surface area (Å²) in [5.74, 6) is 0.309. The van der Waals surface area contributed by atoms with Gasteiger partial charge in [-0.15, -0.1) is 0 Å². The SMILES string of the molecule is CC(C)[C@@H]1OCC2(CCN(C(=O)OC(C)(C)C)CC2)C1O. The number of piperidine rings is 1. The van der Waals surface area contributed by atoms with Gasteiger partial charge in [0.2, 0.25) is 0 Å². The molecule has 0 aromatic carbocycles. The van der Waals surface area contributed by atoms with Crippen LogP contribution in [0.2, 0.25) is 0 Å². The quantitative estimate of drug-likeness (QED) is 0.808. The summed E-state index contributed by atoms with van der Waals surface area (Å²) in [6.07, 6.45) is 0.773. The molecule has 2 rings (SSSR count). The fraction of sp³-hybridized carbons (Fsp3) is 0.938. The molecule has 0 bridgehead atoms. The van der Waals surface area contributed by atoms with Gasteiger partial charge in [0.1, 0.15) is 5.60 Å². The summed E-state index contributed by atoms with van der Waals surface area (Å²) in [4.78, 5) is 13.8. The van der Waals surface area contributed by atoms with Gasteiger partial charge in [-0.25, -0.2) is 4.79 Å². The molecule has 122 valence electrons. The van der Waals surface area contributed by atoms with Crippen LogP contribution < -0.4 is 0 Å². The number of hydrogen-bond acceptors (Lipinski definition) is 4. The van der Waals surface area contributed by atoms with E-state index >= 15 is 0 Å². The molecule has 0 aliphatic carbocycles. The number of hydrogen-bond donors (Lipinski definition) is 1. The minimum atomic E-state index is -0.467. The van der Waals surface area contributed by atoms with Gasteiger partial charge < -0.3 is 19.5 Å². The van der Waals surface area contributed by atoms with E-state index in [0.717, 1.165) is 12.8 Å². The predicted molar refractivity (Wildman–Crippen MR) is 80.1 cm³/mol. The molecule has 1 amide bonds. The van der Waals surface area contributed by atoms with E-state index in [1.165, 1.54) is 0 Å². The van der Waals surface area contributed by atoms with Crippen LogP contribution in [-0.2, 0) is 9.47 Å². The lowest BCUT2D eigenvalue weighted by atomic mass is 9.73. The van der Waals surface area contributed by atoms with Crippen molar-refractivity contribution in [2.75, 3.05) is 19.7 Å². The Kier molecular flexibility index (Phi) is 4.54. The fourth-order valence-electron chi connectivity index (χ4n) is 3.25. The minimum Gasteiger partial charge on any atom is -0.444 e. The number of carbonyl (C=O) groups excluding carboxylic acids is 1. The van der Waals surface area contributed by atoms with Gasteiger partial charge in [-0.1, -0.05) is 13.8 Å². The lowest BCUT2D eigenvalue weighted by Gasteiger charge is -2.41. The first-order valence-corrected chi connectivity index (χ1v) is 7.92. The Hall–Kier alpha value is -0.810. The highest BCUT2D eigenvalue weighted by Gasteiger charge is 2.51. The molecular formula is C16H29NO4. The van der Waals surface area contributed by atoms with Crippen LogP contribution in [-0.4, -0.2) is 53.6 Å². The number of rotatable bonds is 1. The Morgan fingerprint density at radius 3 is 2.33 bits per heavy atom. The number of ether oxygens (including phenoxy) is 2. The van der Waals surface area contributed by atoms with Crippen LogP contribution in [0.3, 0.4) is 0 Å². The smallest absolute Gasteiger partial charge is 0.410 e. The number of aliphatic hydroxyl groups excluding tert-OH is 1. The number of nitrogens with zero attached hydrogens (tertiary/aromatic N) is 1. The Labute approximate surface area is 127 Å². The Balaban J connectivity index is 1.93. The van der Waals surface area contributed by atoms with Gasteiger partial charge in [-0.3, -0.25) is 0 Å². The normalized spacial score (nSPS) is 29.2. The number of amides is 1. The molecule has 1 spiro atoms. The first-order valence-electron chi connectivity index (χ1n) is 7.92. The van der Waals surface area contributed by atoms with E-state index < -0.39 is 11.7 Å². The van der Waals surface area contributed by atoms with Crippen molar-refractivity contribution >= 4 is 6.09 Å². The molecule has 0 saturated carbocycles. The van der Waals surface area contributed by atoms with E-state index in [1.54, 1.807) is 4.90 Å². The van der Waals surface area contributed by atoms with Gasteiger partial charge in [0.25, 0.3) is 0 Å². The molecule has 0 aromatic heterocycles. The van der Waals surface area contributed by atoms with E-state index in [-0.39, 0.29) is 17.6 Å². The molecular weight excluding hydrogens is 270 g/mol. The zero-order chi connectivity index (χ0) is 15.8. The molecule has 1 unspecified atom stereocenters. The van der Waals surface area contributed by atoms with E-state index in [9.17, 15) is 9.90 Å². The van der Waals surface area contributed by atoms with Crippen LogP contribution in [0.1, 0.15) is 47.5 Å². The summed E-state index contributed by atoms with van der Waals surface area (Å²) >= 11 is 0. The van der Waals surface area contributed by atoms with Gasteiger partial charge in [-0.05, 0) is 39.5 Å². The zero-order valence-electron chi connectivity index (χ0n) is 13.9. The molecule has 5 heteroatoms. The summed E-state index contributed by atoms with van der Waals surface area (Å²) in [6.45, 7) is 11.6.